The van der Waals surface area contributed by atoms with Crippen LogP contribution in [0, 0.1) is 5.92 Å². The van der Waals surface area contributed by atoms with Crippen molar-refractivity contribution in [1.82, 2.24) is 19.9 Å². The minimum atomic E-state index is -0.0698. The van der Waals surface area contributed by atoms with Gasteiger partial charge in [0.1, 0.15) is 5.15 Å². The number of carbonyl (C=O) groups is 1. The highest BCUT2D eigenvalue weighted by Gasteiger charge is 2.33. The maximum atomic E-state index is 12.7. The van der Waals surface area contributed by atoms with Crippen LogP contribution in [-0.4, -0.2) is 32.4 Å². The molecule has 130 valence electrons. The number of rotatable bonds is 4. The molecule has 4 heterocycles. The second-order valence-corrected chi connectivity index (χ2v) is 6.55. The molecule has 1 aliphatic heterocycles. The Labute approximate surface area is 155 Å². The monoisotopic (exact) mass is 365 g/mol. The molecular weight excluding hydrogens is 350 g/mol. The van der Waals surface area contributed by atoms with E-state index in [0.29, 0.717) is 23.9 Å². The maximum absolute atomic E-state index is 12.7. The summed E-state index contributed by atoms with van der Waals surface area (Å²) in [6.45, 7) is 0.647. The molecule has 0 unspecified atom stereocenters. The van der Waals surface area contributed by atoms with Crippen molar-refractivity contribution in [1.29, 1.82) is 0 Å². The summed E-state index contributed by atoms with van der Waals surface area (Å²) >= 11 is 5.81. The van der Waals surface area contributed by atoms with E-state index < -0.39 is 0 Å². The van der Waals surface area contributed by atoms with Crippen LogP contribution in [0.15, 0.2) is 55.2 Å². The smallest absolute Gasteiger partial charge is 0.231 e. The lowest BCUT2D eigenvalue weighted by Crippen LogP contribution is -2.28. The molecule has 6 nitrogen and oxygen atoms in total. The van der Waals surface area contributed by atoms with E-state index >= 15 is 0 Å². The summed E-state index contributed by atoms with van der Waals surface area (Å²) in [5.74, 6) is 0.593. The molecule has 0 aromatic carbocycles. The van der Waals surface area contributed by atoms with Crippen LogP contribution in [-0.2, 0) is 11.2 Å². The first kappa shape index (κ1) is 16.6. The number of halogens is 1. The highest BCUT2D eigenvalue weighted by Crippen LogP contribution is 2.27. The van der Waals surface area contributed by atoms with Crippen LogP contribution in [0.25, 0.3) is 11.3 Å². The molecule has 0 saturated carbocycles. The van der Waals surface area contributed by atoms with Crippen molar-refractivity contribution in [3.8, 4) is 11.3 Å². The van der Waals surface area contributed by atoms with Crippen LogP contribution < -0.4 is 4.90 Å². The number of pyridine rings is 2. The molecule has 0 radical (unpaired) electrons. The molecule has 1 amide bonds. The highest BCUT2D eigenvalue weighted by molar-refractivity contribution is 6.29. The van der Waals surface area contributed by atoms with Gasteiger partial charge in [-0.2, -0.15) is 0 Å². The zero-order valence-corrected chi connectivity index (χ0v) is 14.7. The SMILES string of the molecule is O=C1[C@@H](Cc2ccc(Cl)nc2)CCN1c1cnc(-c2ccncc2)cn1. The molecule has 0 spiro atoms. The lowest BCUT2D eigenvalue weighted by Gasteiger charge is -2.15. The van der Waals surface area contributed by atoms with Crippen molar-refractivity contribution >= 4 is 23.3 Å². The fraction of sp³-hybridized carbons (Fsp3) is 0.211. The summed E-state index contributed by atoms with van der Waals surface area (Å²) in [7, 11) is 0. The van der Waals surface area contributed by atoms with Gasteiger partial charge < -0.3 is 0 Å². The van der Waals surface area contributed by atoms with Crippen molar-refractivity contribution in [3.63, 3.8) is 0 Å². The van der Waals surface area contributed by atoms with E-state index in [2.05, 4.69) is 19.9 Å². The fourth-order valence-electron chi connectivity index (χ4n) is 3.10. The number of amides is 1. The van der Waals surface area contributed by atoms with Crippen LogP contribution in [0.5, 0.6) is 0 Å². The van der Waals surface area contributed by atoms with Gasteiger partial charge in [0.2, 0.25) is 5.91 Å². The quantitative estimate of drug-likeness (QED) is 0.664. The second kappa shape index (κ2) is 7.17. The van der Waals surface area contributed by atoms with Crippen molar-refractivity contribution in [2.24, 2.45) is 5.92 Å². The number of carbonyl (C=O) groups excluding carboxylic acids is 1. The first-order valence-electron chi connectivity index (χ1n) is 8.35. The van der Waals surface area contributed by atoms with Crippen LogP contribution in [0.4, 0.5) is 5.82 Å². The molecule has 7 heteroatoms. The summed E-state index contributed by atoms with van der Waals surface area (Å²) in [5.41, 5.74) is 2.71. The van der Waals surface area contributed by atoms with Crippen LogP contribution in [0.3, 0.4) is 0 Å². The van der Waals surface area contributed by atoms with Gasteiger partial charge in [-0.25, -0.2) is 9.97 Å². The Bertz CT molecular complexity index is 899. The Morgan fingerprint density at radius 2 is 1.88 bits per heavy atom. The normalized spacial score (nSPS) is 16.9. The van der Waals surface area contributed by atoms with Gasteiger partial charge >= 0.3 is 0 Å². The summed E-state index contributed by atoms with van der Waals surface area (Å²) in [5, 5.41) is 0.456. The molecule has 4 rings (SSSR count). The predicted octanol–water partition coefficient (Wildman–Crippen LogP) is 3.18. The van der Waals surface area contributed by atoms with E-state index in [0.717, 1.165) is 23.2 Å². The molecule has 0 N–H and O–H groups in total. The van der Waals surface area contributed by atoms with E-state index in [-0.39, 0.29) is 11.8 Å². The number of nitrogens with zero attached hydrogens (tertiary/aromatic N) is 5. The second-order valence-electron chi connectivity index (χ2n) is 6.16. The third-order valence-corrected chi connectivity index (χ3v) is 4.70. The summed E-state index contributed by atoms with van der Waals surface area (Å²) in [6, 6.07) is 7.41. The Balaban J connectivity index is 1.47. The molecule has 1 saturated heterocycles. The highest BCUT2D eigenvalue weighted by atomic mass is 35.5. The molecule has 0 aliphatic carbocycles. The Morgan fingerprint density at radius 3 is 2.58 bits per heavy atom. The predicted molar refractivity (Wildman–Crippen MR) is 98.7 cm³/mol. The van der Waals surface area contributed by atoms with Gasteiger partial charge in [-0.3, -0.25) is 19.7 Å². The Morgan fingerprint density at radius 1 is 1.04 bits per heavy atom. The first-order valence-corrected chi connectivity index (χ1v) is 8.73. The molecular formula is C19H16ClN5O. The lowest BCUT2D eigenvalue weighted by atomic mass is 9.99. The van der Waals surface area contributed by atoms with Crippen LogP contribution in [0.1, 0.15) is 12.0 Å². The first-order chi connectivity index (χ1) is 12.7. The van der Waals surface area contributed by atoms with E-state index in [9.17, 15) is 4.79 Å². The molecule has 26 heavy (non-hydrogen) atoms. The summed E-state index contributed by atoms with van der Waals surface area (Å²) in [6.07, 6.45) is 9.93. The van der Waals surface area contributed by atoms with Crippen molar-refractivity contribution in [2.75, 3.05) is 11.4 Å². The van der Waals surface area contributed by atoms with E-state index in [1.807, 2.05) is 18.2 Å². The van der Waals surface area contributed by atoms with Gasteiger partial charge in [0, 0.05) is 36.6 Å². The van der Waals surface area contributed by atoms with Crippen LogP contribution in [0.2, 0.25) is 5.15 Å². The van der Waals surface area contributed by atoms with Gasteiger partial charge in [-0.05, 0) is 36.6 Å². The van der Waals surface area contributed by atoms with E-state index in [1.165, 1.54) is 0 Å². The molecule has 3 aromatic rings. The van der Waals surface area contributed by atoms with Gasteiger partial charge in [0.05, 0.1) is 18.1 Å². The minimum absolute atomic E-state index is 0.0698. The summed E-state index contributed by atoms with van der Waals surface area (Å²) < 4.78 is 0. The largest absolute Gasteiger partial charge is 0.295 e. The zero-order chi connectivity index (χ0) is 17.9. The Kier molecular flexibility index (Phi) is 4.58. The number of anilines is 1. The van der Waals surface area contributed by atoms with Crippen molar-refractivity contribution in [3.05, 3.63) is 66.0 Å². The molecule has 1 fully saturated rings. The average Bonchev–Trinajstić information content (AvgIpc) is 3.05. The molecule has 1 aliphatic rings. The van der Waals surface area contributed by atoms with Crippen LogP contribution >= 0.6 is 11.6 Å². The molecule has 0 bridgehead atoms. The van der Waals surface area contributed by atoms with Gasteiger partial charge in [-0.15, -0.1) is 0 Å². The third kappa shape index (κ3) is 3.41. The van der Waals surface area contributed by atoms with Gasteiger partial charge in [-0.1, -0.05) is 17.7 Å². The molecule has 1 atom stereocenters. The Hall–Kier alpha value is -2.86. The average molecular weight is 366 g/mol. The van der Waals surface area contributed by atoms with Crippen molar-refractivity contribution < 1.29 is 4.79 Å². The third-order valence-electron chi connectivity index (χ3n) is 4.48. The topological polar surface area (TPSA) is 71.9 Å². The minimum Gasteiger partial charge on any atom is -0.295 e. The number of aromatic nitrogens is 4. The summed E-state index contributed by atoms with van der Waals surface area (Å²) in [4.78, 5) is 31.4. The van der Waals surface area contributed by atoms with Crippen molar-refractivity contribution in [2.45, 2.75) is 12.8 Å². The molecule has 3 aromatic heterocycles. The lowest BCUT2D eigenvalue weighted by molar-refractivity contribution is -0.120. The fourth-order valence-corrected chi connectivity index (χ4v) is 3.21. The number of hydrogen-bond donors (Lipinski definition) is 0. The standard InChI is InChI=1S/C19H16ClN5O/c20-17-2-1-13(10-23-17)9-15-5-8-25(19(15)26)18-12-22-16(11-24-18)14-3-6-21-7-4-14/h1-4,6-7,10-12,15H,5,8-9H2/t15-/m1/s1. The van der Waals surface area contributed by atoms with E-state index in [1.54, 1.807) is 42.0 Å². The van der Waals surface area contributed by atoms with Gasteiger partial charge in [0.15, 0.2) is 5.82 Å². The van der Waals surface area contributed by atoms with Gasteiger partial charge in [0.25, 0.3) is 0 Å². The van der Waals surface area contributed by atoms with E-state index in [4.69, 9.17) is 11.6 Å². The number of hydrogen-bond acceptors (Lipinski definition) is 5. The zero-order valence-electron chi connectivity index (χ0n) is 13.9. The maximum Gasteiger partial charge on any atom is 0.231 e.